The fourth-order valence-corrected chi connectivity index (χ4v) is 1.29. The second-order valence-electron chi connectivity index (χ2n) is 2.49. The van der Waals surface area contributed by atoms with Crippen molar-refractivity contribution in [1.82, 2.24) is 20.8 Å². The molecule has 0 spiro atoms. The van der Waals surface area contributed by atoms with Gasteiger partial charge in [-0.05, 0) is 0 Å². The number of rotatable bonds is 4. The summed E-state index contributed by atoms with van der Waals surface area (Å²) in [5.41, 5.74) is 10.1. The van der Waals surface area contributed by atoms with Crippen molar-refractivity contribution in [3.05, 3.63) is 5.01 Å². The first kappa shape index (κ1) is 11.2. The van der Waals surface area contributed by atoms with Gasteiger partial charge in [-0.25, -0.2) is 4.79 Å². The van der Waals surface area contributed by atoms with E-state index in [4.69, 9.17) is 11.5 Å². The van der Waals surface area contributed by atoms with E-state index in [0.29, 0.717) is 0 Å². The van der Waals surface area contributed by atoms with E-state index in [9.17, 15) is 9.59 Å². The molecule has 8 nitrogen and oxygen atoms in total. The molecule has 0 aliphatic heterocycles. The number of hydrogen-bond donors (Lipinski definition) is 4. The summed E-state index contributed by atoms with van der Waals surface area (Å²) < 4.78 is 0. The first-order valence-electron chi connectivity index (χ1n) is 4.00. The molecule has 1 heterocycles. The number of primary amides is 1. The summed E-state index contributed by atoms with van der Waals surface area (Å²) in [5, 5.41) is 12.3. The van der Waals surface area contributed by atoms with Crippen LogP contribution in [0.4, 0.5) is 9.93 Å². The fourth-order valence-electron chi connectivity index (χ4n) is 0.764. The quantitative estimate of drug-likeness (QED) is 0.467. The predicted molar refractivity (Wildman–Crippen MR) is 54.2 cm³/mol. The van der Waals surface area contributed by atoms with E-state index in [-0.39, 0.29) is 29.1 Å². The number of amides is 3. The van der Waals surface area contributed by atoms with Crippen molar-refractivity contribution in [2.75, 3.05) is 18.8 Å². The third kappa shape index (κ3) is 3.77. The van der Waals surface area contributed by atoms with Crippen LogP contribution in [0.15, 0.2) is 0 Å². The van der Waals surface area contributed by atoms with Gasteiger partial charge in [0.05, 0.1) is 0 Å². The van der Waals surface area contributed by atoms with E-state index in [1.807, 2.05) is 0 Å². The molecule has 0 aliphatic rings. The minimum Gasteiger partial charge on any atom is -0.374 e. The Labute approximate surface area is 89.0 Å². The van der Waals surface area contributed by atoms with E-state index in [1.54, 1.807) is 0 Å². The van der Waals surface area contributed by atoms with Crippen molar-refractivity contribution in [2.45, 2.75) is 0 Å². The van der Waals surface area contributed by atoms with E-state index in [0.717, 1.165) is 11.3 Å². The maximum atomic E-state index is 11.3. The van der Waals surface area contributed by atoms with Crippen LogP contribution in [0.2, 0.25) is 0 Å². The van der Waals surface area contributed by atoms with E-state index >= 15 is 0 Å². The van der Waals surface area contributed by atoms with Crippen LogP contribution in [-0.4, -0.2) is 35.2 Å². The highest BCUT2D eigenvalue weighted by Gasteiger charge is 2.10. The fraction of sp³-hybridized carbons (Fsp3) is 0.333. The molecule has 1 rings (SSSR count). The number of nitrogens with one attached hydrogen (secondary N) is 2. The van der Waals surface area contributed by atoms with Gasteiger partial charge in [-0.15, -0.1) is 10.2 Å². The third-order valence-electron chi connectivity index (χ3n) is 1.34. The molecule has 0 saturated heterocycles. The summed E-state index contributed by atoms with van der Waals surface area (Å²) in [4.78, 5) is 21.6. The van der Waals surface area contributed by atoms with Crippen molar-refractivity contribution in [1.29, 1.82) is 0 Å². The Morgan fingerprint density at radius 2 is 1.93 bits per heavy atom. The Morgan fingerprint density at radius 3 is 2.47 bits per heavy atom. The summed E-state index contributed by atoms with van der Waals surface area (Å²) in [7, 11) is 0. The molecule has 0 fully saturated rings. The van der Waals surface area contributed by atoms with Crippen LogP contribution < -0.4 is 22.1 Å². The molecule has 82 valence electrons. The maximum Gasteiger partial charge on any atom is 0.312 e. The van der Waals surface area contributed by atoms with Gasteiger partial charge in [0.1, 0.15) is 0 Å². The first-order chi connectivity index (χ1) is 7.09. The molecule has 6 N–H and O–H groups in total. The van der Waals surface area contributed by atoms with Gasteiger partial charge in [0.2, 0.25) is 10.1 Å². The van der Waals surface area contributed by atoms with Crippen LogP contribution in [0, 0.1) is 0 Å². The Balaban J connectivity index is 2.28. The summed E-state index contributed by atoms with van der Waals surface area (Å²) in [5.74, 6) is -0.379. The van der Waals surface area contributed by atoms with E-state index < -0.39 is 6.03 Å². The molecule has 1 aromatic heterocycles. The van der Waals surface area contributed by atoms with Crippen molar-refractivity contribution >= 4 is 28.4 Å². The number of carbonyl (C=O) groups is 2. The van der Waals surface area contributed by atoms with Crippen molar-refractivity contribution in [3.8, 4) is 0 Å². The van der Waals surface area contributed by atoms with Crippen LogP contribution in [0.3, 0.4) is 0 Å². The van der Waals surface area contributed by atoms with Gasteiger partial charge in [0, 0.05) is 13.1 Å². The molecule has 15 heavy (non-hydrogen) atoms. The number of urea groups is 1. The lowest BCUT2D eigenvalue weighted by Crippen LogP contribution is -2.37. The Morgan fingerprint density at radius 1 is 1.27 bits per heavy atom. The normalized spacial score (nSPS) is 9.60. The molecule has 3 amide bonds. The van der Waals surface area contributed by atoms with E-state index in [1.165, 1.54) is 0 Å². The van der Waals surface area contributed by atoms with Crippen molar-refractivity contribution in [2.24, 2.45) is 5.73 Å². The average Bonchev–Trinajstić information content (AvgIpc) is 2.59. The van der Waals surface area contributed by atoms with Gasteiger partial charge in [-0.2, -0.15) is 0 Å². The highest BCUT2D eigenvalue weighted by Crippen LogP contribution is 2.09. The number of nitrogens with zero attached hydrogens (tertiary/aromatic N) is 2. The average molecular weight is 230 g/mol. The Bertz CT molecular complexity index is 364. The van der Waals surface area contributed by atoms with Crippen LogP contribution in [0.5, 0.6) is 0 Å². The summed E-state index contributed by atoms with van der Waals surface area (Å²) >= 11 is 0.992. The highest BCUT2D eigenvalue weighted by molar-refractivity contribution is 7.16. The molecule has 0 aromatic carbocycles. The molecule has 0 bridgehead atoms. The standard InChI is InChI=1S/C6H10N6O2S/c7-5(14)10-2-1-9-3(13)4-11-12-6(8)15-4/h1-2H2,(H2,8,12)(H,9,13)(H3,7,10,14). The molecule has 0 unspecified atom stereocenters. The summed E-state index contributed by atoms with van der Waals surface area (Å²) in [6.07, 6.45) is 0. The zero-order chi connectivity index (χ0) is 11.3. The van der Waals surface area contributed by atoms with Crippen LogP contribution in [-0.2, 0) is 0 Å². The van der Waals surface area contributed by atoms with Crippen LogP contribution in [0.25, 0.3) is 0 Å². The smallest absolute Gasteiger partial charge is 0.312 e. The zero-order valence-corrected chi connectivity index (χ0v) is 8.50. The maximum absolute atomic E-state index is 11.3. The number of hydrogen-bond acceptors (Lipinski definition) is 6. The minimum atomic E-state index is -0.635. The van der Waals surface area contributed by atoms with Gasteiger partial charge in [0.25, 0.3) is 5.91 Å². The largest absolute Gasteiger partial charge is 0.374 e. The number of anilines is 1. The van der Waals surface area contributed by atoms with Crippen LogP contribution >= 0.6 is 11.3 Å². The molecule has 0 radical (unpaired) electrons. The SMILES string of the molecule is NC(=O)NCCNC(=O)c1nnc(N)s1. The van der Waals surface area contributed by atoms with Crippen molar-refractivity contribution in [3.63, 3.8) is 0 Å². The minimum absolute atomic E-state index is 0.187. The van der Waals surface area contributed by atoms with Gasteiger partial charge < -0.3 is 22.1 Å². The van der Waals surface area contributed by atoms with Gasteiger partial charge in [0.15, 0.2) is 0 Å². The number of aromatic nitrogens is 2. The Kier molecular flexibility index (Phi) is 3.80. The van der Waals surface area contributed by atoms with Gasteiger partial charge in [-0.3, -0.25) is 4.79 Å². The third-order valence-corrected chi connectivity index (χ3v) is 2.10. The first-order valence-corrected chi connectivity index (χ1v) is 4.81. The van der Waals surface area contributed by atoms with E-state index in [2.05, 4.69) is 20.8 Å². The second kappa shape index (κ2) is 5.10. The monoisotopic (exact) mass is 230 g/mol. The number of nitrogens with two attached hydrogens (primary N) is 2. The molecular formula is C6H10N6O2S. The van der Waals surface area contributed by atoms with Crippen molar-refractivity contribution < 1.29 is 9.59 Å². The molecule has 0 atom stereocenters. The summed E-state index contributed by atoms with van der Waals surface area (Å²) in [6.45, 7) is 0.524. The number of carbonyl (C=O) groups excluding carboxylic acids is 2. The lowest BCUT2D eigenvalue weighted by Gasteiger charge is -2.02. The molecule has 9 heteroatoms. The lowest BCUT2D eigenvalue weighted by molar-refractivity contribution is 0.0953. The molecule has 1 aromatic rings. The lowest BCUT2D eigenvalue weighted by atomic mass is 10.5. The topological polar surface area (TPSA) is 136 Å². The zero-order valence-electron chi connectivity index (χ0n) is 7.69. The molecule has 0 saturated carbocycles. The van der Waals surface area contributed by atoms with Gasteiger partial charge >= 0.3 is 6.03 Å². The second-order valence-corrected chi connectivity index (χ2v) is 3.50. The predicted octanol–water partition coefficient (Wildman–Crippen LogP) is -1.48. The number of nitrogen functional groups attached to an aromatic ring is 1. The Hall–Kier alpha value is -1.90. The van der Waals surface area contributed by atoms with Gasteiger partial charge in [-0.1, -0.05) is 11.3 Å². The summed E-state index contributed by atoms with van der Waals surface area (Å²) in [6, 6.07) is -0.635. The highest BCUT2D eigenvalue weighted by atomic mass is 32.1. The molecular weight excluding hydrogens is 220 g/mol. The molecule has 0 aliphatic carbocycles. The van der Waals surface area contributed by atoms with Crippen LogP contribution in [0.1, 0.15) is 9.80 Å².